The second-order valence-corrected chi connectivity index (χ2v) is 4.58. The molecule has 0 aromatic heterocycles. The van der Waals surface area contributed by atoms with Gasteiger partial charge in [0.1, 0.15) is 0 Å². The van der Waals surface area contributed by atoms with Crippen LogP contribution in [0.4, 0.5) is 0 Å². The van der Waals surface area contributed by atoms with Crippen LogP contribution in [-0.2, 0) is 4.79 Å². The van der Waals surface area contributed by atoms with Gasteiger partial charge in [0.25, 0.3) is 0 Å². The molecule has 1 aromatic carbocycles. The Morgan fingerprint density at radius 1 is 1.48 bits per heavy atom. The summed E-state index contributed by atoms with van der Waals surface area (Å²) < 4.78 is 10.7. The number of ether oxygens (including phenoxy) is 2. The minimum atomic E-state index is -0.239. The van der Waals surface area contributed by atoms with E-state index in [0.717, 1.165) is 0 Å². The van der Waals surface area contributed by atoms with Crippen LogP contribution in [0.5, 0.6) is 11.5 Å². The molecule has 0 aliphatic heterocycles. The van der Waals surface area contributed by atoms with E-state index in [2.05, 4.69) is 5.32 Å². The predicted octanol–water partition coefficient (Wildman–Crippen LogP) is 1.22. The molecule has 0 bridgehead atoms. The van der Waals surface area contributed by atoms with E-state index >= 15 is 0 Å². The van der Waals surface area contributed by atoms with Gasteiger partial charge in [-0.2, -0.15) is 5.26 Å². The number of nitriles is 1. The molecule has 0 aliphatic carbocycles. The maximum Gasteiger partial charge on any atom is 0.220 e. The van der Waals surface area contributed by atoms with Gasteiger partial charge in [-0.3, -0.25) is 4.79 Å². The number of hydrogen-bond donors (Lipinski definition) is 2. The van der Waals surface area contributed by atoms with E-state index in [-0.39, 0.29) is 18.6 Å². The molecule has 1 unspecified atom stereocenters. The first-order valence-electron chi connectivity index (χ1n) is 6.71. The molecule has 0 radical (unpaired) electrons. The zero-order valence-electron chi connectivity index (χ0n) is 12.3. The minimum Gasteiger partial charge on any atom is -0.493 e. The largest absolute Gasteiger partial charge is 0.493 e. The van der Waals surface area contributed by atoms with Gasteiger partial charge < -0.3 is 19.9 Å². The zero-order chi connectivity index (χ0) is 15.7. The Kier molecular flexibility index (Phi) is 7.05. The molecule has 114 valence electrons. The summed E-state index contributed by atoms with van der Waals surface area (Å²) in [5.41, 5.74) is 0.497. The van der Waals surface area contributed by atoms with Crippen molar-refractivity contribution in [2.24, 2.45) is 0 Å². The van der Waals surface area contributed by atoms with Crippen LogP contribution in [0.1, 0.15) is 25.3 Å². The van der Waals surface area contributed by atoms with E-state index in [1.54, 1.807) is 25.1 Å². The van der Waals surface area contributed by atoms with E-state index in [0.29, 0.717) is 36.5 Å². The lowest BCUT2D eigenvalue weighted by Gasteiger charge is -2.12. The Bertz CT molecular complexity index is 511. The Morgan fingerprint density at radius 2 is 2.24 bits per heavy atom. The van der Waals surface area contributed by atoms with Crippen LogP contribution in [-0.4, -0.2) is 37.4 Å². The summed E-state index contributed by atoms with van der Waals surface area (Å²) in [4.78, 5) is 11.5. The van der Waals surface area contributed by atoms with Gasteiger partial charge in [0, 0.05) is 18.5 Å². The van der Waals surface area contributed by atoms with Gasteiger partial charge in [-0.1, -0.05) is 0 Å². The highest BCUT2D eigenvalue weighted by molar-refractivity contribution is 5.76. The number of carbonyl (C=O) groups excluding carboxylic acids is 1. The number of nitrogens with zero attached hydrogens (tertiary/aromatic N) is 1. The molecule has 1 aromatic rings. The van der Waals surface area contributed by atoms with E-state index in [4.69, 9.17) is 19.8 Å². The van der Waals surface area contributed by atoms with Gasteiger partial charge in [0.2, 0.25) is 5.91 Å². The highest BCUT2D eigenvalue weighted by Crippen LogP contribution is 2.27. The lowest BCUT2D eigenvalue weighted by atomic mass is 10.2. The van der Waals surface area contributed by atoms with Gasteiger partial charge in [-0.15, -0.1) is 0 Å². The molecule has 0 aliphatic rings. The van der Waals surface area contributed by atoms with Crippen LogP contribution in [0.25, 0.3) is 0 Å². The monoisotopic (exact) mass is 292 g/mol. The third kappa shape index (κ3) is 5.71. The number of amides is 1. The molecule has 6 nitrogen and oxygen atoms in total. The average molecular weight is 292 g/mol. The Hall–Kier alpha value is -2.26. The fourth-order valence-corrected chi connectivity index (χ4v) is 1.66. The molecule has 0 spiro atoms. The number of rotatable bonds is 8. The molecule has 1 atom stereocenters. The second kappa shape index (κ2) is 8.82. The number of aliphatic hydroxyl groups excluding tert-OH is 1. The molecule has 1 rings (SSSR count). The molecule has 1 amide bonds. The smallest absolute Gasteiger partial charge is 0.220 e. The first-order valence-corrected chi connectivity index (χ1v) is 6.71. The van der Waals surface area contributed by atoms with Crippen LogP contribution in [0.15, 0.2) is 18.2 Å². The van der Waals surface area contributed by atoms with E-state index in [1.165, 1.54) is 7.11 Å². The zero-order valence-corrected chi connectivity index (χ0v) is 12.3. The lowest BCUT2D eigenvalue weighted by Crippen LogP contribution is -2.34. The Balaban J connectivity index is 2.39. The molecule has 21 heavy (non-hydrogen) atoms. The molecule has 6 heteroatoms. The van der Waals surface area contributed by atoms with Gasteiger partial charge in [-0.25, -0.2) is 0 Å². The molecule has 0 heterocycles. The number of carbonyl (C=O) groups is 1. The number of hydrogen-bond acceptors (Lipinski definition) is 5. The standard InChI is InChI=1S/C15H20N2O4/c1-11(10-18)17-15(19)4-3-7-21-13-6-5-12(9-16)8-14(13)20-2/h5-6,8,11,18H,3-4,7,10H2,1-2H3,(H,17,19). The van der Waals surface area contributed by atoms with Crippen LogP contribution >= 0.6 is 0 Å². The van der Waals surface area contributed by atoms with Crippen molar-refractivity contribution in [2.75, 3.05) is 20.3 Å². The first-order chi connectivity index (χ1) is 10.1. The van der Waals surface area contributed by atoms with Crippen molar-refractivity contribution in [1.82, 2.24) is 5.32 Å². The third-order valence-electron chi connectivity index (χ3n) is 2.78. The molecular formula is C15H20N2O4. The highest BCUT2D eigenvalue weighted by Gasteiger charge is 2.08. The summed E-state index contributed by atoms with van der Waals surface area (Å²) in [5, 5.41) is 20.3. The average Bonchev–Trinajstić information content (AvgIpc) is 2.51. The maximum absolute atomic E-state index is 11.5. The van der Waals surface area contributed by atoms with E-state index < -0.39 is 0 Å². The van der Waals surface area contributed by atoms with Crippen LogP contribution in [0.3, 0.4) is 0 Å². The third-order valence-corrected chi connectivity index (χ3v) is 2.78. The second-order valence-electron chi connectivity index (χ2n) is 4.58. The molecule has 2 N–H and O–H groups in total. The lowest BCUT2D eigenvalue weighted by molar-refractivity contribution is -0.122. The van der Waals surface area contributed by atoms with Gasteiger partial charge in [0.15, 0.2) is 11.5 Å². The first kappa shape index (κ1) is 16.8. The molecular weight excluding hydrogens is 272 g/mol. The fraction of sp³-hybridized carbons (Fsp3) is 0.467. The van der Waals surface area contributed by atoms with Crippen LogP contribution in [0.2, 0.25) is 0 Å². The van der Waals surface area contributed by atoms with Crippen LogP contribution < -0.4 is 14.8 Å². The molecule has 0 fully saturated rings. The van der Waals surface area contributed by atoms with Crippen molar-refractivity contribution in [3.05, 3.63) is 23.8 Å². The van der Waals surface area contributed by atoms with Crippen molar-refractivity contribution in [2.45, 2.75) is 25.8 Å². The van der Waals surface area contributed by atoms with Gasteiger partial charge >= 0.3 is 0 Å². The van der Waals surface area contributed by atoms with Crippen molar-refractivity contribution < 1.29 is 19.4 Å². The van der Waals surface area contributed by atoms with Gasteiger partial charge in [-0.05, 0) is 25.5 Å². The summed E-state index contributed by atoms with van der Waals surface area (Å²) >= 11 is 0. The SMILES string of the molecule is COc1cc(C#N)ccc1OCCCC(=O)NC(C)CO. The predicted molar refractivity (Wildman–Crippen MR) is 77.1 cm³/mol. The summed E-state index contributed by atoms with van der Waals surface area (Å²) in [6, 6.07) is 6.71. The number of nitrogens with one attached hydrogen (secondary N) is 1. The summed E-state index contributed by atoms with van der Waals surface area (Å²) in [6.07, 6.45) is 0.871. The topological polar surface area (TPSA) is 91.6 Å². The summed E-state index contributed by atoms with van der Waals surface area (Å²) in [5.74, 6) is 0.917. The van der Waals surface area contributed by atoms with Crippen LogP contribution in [0, 0.1) is 11.3 Å². The highest BCUT2D eigenvalue weighted by atomic mass is 16.5. The number of benzene rings is 1. The Labute approximate surface area is 124 Å². The normalized spacial score (nSPS) is 11.3. The number of methoxy groups -OCH3 is 1. The summed E-state index contributed by atoms with van der Waals surface area (Å²) in [7, 11) is 1.51. The van der Waals surface area contributed by atoms with E-state index in [1.807, 2.05) is 6.07 Å². The maximum atomic E-state index is 11.5. The molecule has 0 saturated heterocycles. The van der Waals surface area contributed by atoms with Crippen molar-refractivity contribution in [3.63, 3.8) is 0 Å². The molecule has 0 saturated carbocycles. The minimum absolute atomic E-state index is 0.0787. The summed E-state index contributed by atoms with van der Waals surface area (Å²) in [6.45, 7) is 2.02. The number of aliphatic hydroxyl groups is 1. The van der Waals surface area contributed by atoms with E-state index in [9.17, 15) is 4.79 Å². The van der Waals surface area contributed by atoms with Crippen molar-refractivity contribution in [3.8, 4) is 17.6 Å². The van der Waals surface area contributed by atoms with Crippen molar-refractivity contribution >= 4 is 5.91 Å². The quantitative estimate of drug-likeness (QED) is 0.703. The van der Waals surface area contributed by atoms with Crippen molar-refractivity contribution in [1.29, 1.82) is 5.26 Å². The Morgan fingerprint density at radius 3 is 2.86 bits per heavy atom. The van der Waals surface area contributed by atoms with Gasteiger partial charge in [0.05, 0.1) is 32.0 Å². The fourth-order valence-electron chi connectivity index (χ4n) is 1.66.